The fourth-order valence-electron chi connectivity index (χ4n) is 10.0. The van der Waals surface area contributed by atoms with Crippen molar-refractivity contribution in [3.8, 4) is 0 Å². The lowest BCUT2D eigenvalue weighted by Gasteiger charge is -2.26. The predicted molar refractivity (Wildman–Crippen MR) is 313 cm³/mol. The van der Waals surface area contributed by atoms with E-state index in [4.69, 9.17) is 19.7 Å². The lowest BCUT2D eigenvalue weighted by Crippen LogP contribution is -2.36. The van der Waals surface area contributed by atoms with E-state index in [1.165, 1.54) is 185 Å². The number of carbonyl (C=O) groups is 3. The van der Waals surface area contributed by atoms with Crippen LogP contribution in [0.4, 0.5) is 4.79 Å². The number of ether oxygens (including phenoxy) is 2. The molecule has 74 heavy (non-hydrogen) atoms. The van der Waals surface area contributed by atoms with Crippen molar-refractivity contribution in [2.45, 2.75) is 296 Å². The molecule has 0 fully saturated rings. The third kappa shape index (κ3) is 49.7. The van der Waals surface area contributed by atoms with Gasteiger partial charge in [-0.25, -0.2) is 4.79 Å². The maximum absolute atomic E-state index is 13.1. The van der Waals surface area contributed by atoms with Crippen LogP contribution in [0.2, 0.25) is 0 Å². The van der Waals surface area contributed by atoms with Gasteiger partial charge in [-0.05, 0) is 109 Å². The first-order valence-corrected chi connectivity index (χ1v) is 31.4. The van der Waals surface area contributed by atoms with E-state index in [0.29, 0.717) is 26.0 Å². The molecule has 0 saturated carbocycles. The van der Waals surface area contributed by atoms with Crippen LogP contribution in [-0.2, 0) is 25.6 Å². The van der Waals surface area contributed by atoms with E-state index in [1.54, 1.807) is 0 Å². The third-order valence-electron chi connectivity index (χ3n) is 14.9. The number of aliphatic carboxylic acids is 2. The number of carboxylic acid groups (broad SMARTS) is 2. The third-order valence-corrected chi connectivity index (χ3v) is 14.9. The standard InChI is InChI=1S/C65H116N2O7/c1-3-66(4-2)56-57-67(60-61-50-44-43-45-51-61)58-59-73-65(72)74-62(52-46-39-35-31-27-23-19-15-11-7-5-9-13-17-21-25-29-33-37-41-48-54-63(68)69)53-47-40-36-32-28-24-20-16-12-8-6-10-14-18-22-26-30-34-38-42-49-55-64(70)71/h17-18,21-22,43-45,50-51,62H,3-16,19-20,23-42,46-49,52-60H2,1-2H3,(H,68,69)(H,70,71)/b21-17-,22-18-. The Balaban J connectivity index is 2.28. The molecule has 0 heterocycles. The minimum absolute atomic E-state index is 0.0593. The van der Waals surface area contributed by atoms with Crippen molar-refractivity contribution in [1.29, 1.82) is 0 Å². The zero-order valence-electron chi connectivity index (χ0n) is 48.3. The number of nitrogens with zero attached hydrogens (tertiary/aromatic N) is 2. The molecule has 0 aliphatic rings. The van der Waals surface area contributed by atoms with Gasteiger partial charge >= 0.3 is 18.1 Å². The Hall–Kier alpha value is -3.17. The Morgan fingerprint density at radius 1 is 0.432 bits per heavy atom. The summed E-state index contributed by atoms with van der Waals surface area (Å²) >= 11 is 0. The maximum atomic E-state index is 13.1. The number of hydrogen-bond acceptors (Lipinski definition) is 7. The van der Waals surface area contributed by atoms with Crippen LogP contribution in [0, 0.1) is 0 Å². The van der Waals surface area contributed by atoms with Crippen molar-refractivity contribution in [1.82, 2.24) is 9.80 Å². The summed E-state index contributed by atoms with van der Waals surface area (Å²) in [7, 11) is 0. The number of carbonyl (C=O) groups excluding carboxylic acids is 1. The molecule has 0 amide bonds. The van der Waals surface area contributed by atoms with Crippen LogP contribution >= 0.6 is 0 Å². The summed E-state index contributed by atoms with van der Waals surface area (Å²) in [5.74, 6) is -1.35. The summed E-state index contributed by atoms with van der Waals surface area (Å²) in [5, 5.41) is 17.4. The van der Waals surface area contributed by atoms with Crippen LogP contribution in [0.15, 0.2) is 54.6 Å². The highest BCUT2D eigenvalue weighted by Gasteiger charge is 2.17. The summed E-state index contributed by atoms with van der Waals surface area (Å²) < 4.78 is 11.8. The maximum Gasteiger partial charge on any atom is 0.508 e. The zero-order valence-corrected chi connectivity index (χ0v) is 48.3. The Morgan fingerprint density at radius 2 is 0.757 bits per heavy atom. The molecule has 428 valence electrons. The van der Waals surface area contributed by atoms with E-state index in [9.17, 15) is 14.4 Å². The highest BCUT2D eigenvalue weighted by molar-refractivity contribution is 5.66. The number of benzene rings is 1. The molecule has 2 N–H and O–H groups in total. The van der Waals surface area contributed by atoms with E-state index in [0.717, 1.165) is 110 Å². The van der Waals surface area contributed by atoms with Gasteiger partial charge in [0.15, 0.2) is 0 Å². The molecule has 1 rings (SSSR count). The molecule has 0 unspecified atom stereocenters. The molecule has 1 aromatic carbocycles. The van der Waals surface area contributed by atoms with Gasteiger partial charge in [-0.1, -0.05) is 235 Å². The van der Waals surface area contributed by atoms with Crippen molar-refractivity contribution in [2.75, 3.05) is 39.3 Å². The first-order chi connectivity index (χ1) is 36.3. The van der Waals surface area contributed by atoms with Crippen LogP contribution in [0.3, 0.4) is 0 Å². The number of unbranched alkanes of at least 4 members (excludes halogenated alkanes) is 34. The molecule has 0 aliphatic carbocycles. The van der Waals surface area contributed by atoms with E-state index < -0.39 is 18.1 Å². The summed E-state index contributed by atoms with van der Waals surface area (Å²) in [6.45, 7) is 10.3. The summed E-state index contributed by atoms with van der Waals surface area (Å²) in [5.41, 5.74) is 1.28. The molecule has 0 atom stereocenters. The number of hydrogen-bond donors (Lipinski definition) is 2. The molecule has 0 aromatic heterocycles. The summed E-state index contributed by atoms with van der Waals surface area (Å²) in [4.78, 5) is 39.1. The summed E-state index contributed by atoms with van der Waals surface area (Å²) in [6, 6.07) is 10.6. The summed E-state index contributed by atoms with van der Waals surface area (Å²) in [6.07, 6.45) is 58.2. The van der Waals surface area contributed by atoms with Crippen LogP contribution in [0.5, 0.6) is 0 Å². The molecule has 0 bridgehead atoms. The van der Waals surface area contributed by atoms with Gasteiger partial charge in [-0.3, -0.25) is 14.5 Å². The van der Waals surface area contributed by atoms with E-state index in [2.05, 4.69) is 78.3 Å². The van der Waals surface area contributed by atoms with Gasteiger partial charge in [0, 0.05) is 39.0 Å². The Bertz CT molecular complexity index is 1370. The topological polar surface area (TPSA) is 117 Å². The fraction of sp³-hybridized carbons (Fsp3) is 0.800. The quantitative estimate of drug-likeness (QED) is 0.0374. The molecule has 0 spiro atoms. The lowest BCUT2D eigenvalue weighted by atomic mass is 10.0. The smallest absolute Gasteiger partial charge is 0.481 e. The predicted octanol–water partition coefficient (Wildman–Crippen LogP) is 19.0. The highest BCUT2D eigenvalue weighted by atomic mass is 16.7. The Kier molecular flexibility index (Phi) is 50.8. The number of allylic oxidation sites excluding steroid dienone is 4. The van der Waals surface area contributed by atoms with Crippen LogP contribution in [-0.4, -0.2) is 83.5 Å². The average molecular weight is 1040 g/mol. The normalized spacial score (nSPS) is 11.9. The first-order valence-electron chi connectivity index (χ1n) is 31.4. The Morgan fingerprint density at radius 3 is 1.11 bits per heavy atom. The van der Waals surface area contributed by atoms with Gasteiger partial charge in [-0.15, -0.1) is 0 Å². The Labute approximate surface area is 455 Å². The second-order valence-corrected chi connectivity index (χ2v) is 21.6. The van der Waals surface area contributed by atoms with Gasteiger partial charge in [0.1, 0.15) is 12.7 Å². The molecule has 0 aliphatic heterocycles. The largest absolute Gasteiger partial charge is 0.508 e. The molecule has 0 saturated heterocycles. The van der Waals surface area contributed by atoms with Gasteiger partial charge in [0.05, 0.1) is 0 Å². The first kappa shape index (κ1) is 68.8. The van der Waals surface area contributed by atoms with Gasteiger partial charge in [0.25, 0.3) is 0 Å². The van der Waals surface area contributed by atoms with Crippen molar-refractivity contribution in [3.63, 3.8) is 0 Å². The fourth-order valence-corrected chi connectivity index (χ4v) is 10.0. The van der Waals surface area contributed by atoms with E-state index in [1.807, 2.05) is 0 Å². The zero-order chi connectivity index (χ0) is 53.5. The monoisotopic (exact) mass is 1040 g/mol. The van der Waals surface area contributed by atoms with Crippen molar-refractivity contribution in [2.24, 2.45) is 0 Å². The van der Waals surface area contributed by atoms with Crippen LogP contribution < -0.4 is 0 Å². The molecular weight excluding hydrogens is 921 g/mol. The number of rotatable bonds is 57. The van der Waals surface area contributed by atoms with Crippen molar-refractivity contribution >= 4 is 18.1 Å². The molecule has 9 nitrogen and oxygen atoms in total. The van der Waals surface area contributed by atoms with Crippen LogP contribution in [0.25, 0.3) is 0 Å². The second kappa shape index (κ2) is 54.6. The number of likely N-dealkylation sites (N-methyl/N-ethyl adjacent to an activating group) is 1. The van der Waals surface area contributed by atoms with E-state index in [-0.39, 0.29) is 6.10 Å². The van der Waals surface area contributed by atoms with Gasteiger partial charge in [0.2, 0.25) is 0 Å². The molecule has 0 radical (unpaired) electrons. The molecular formula is C65H116N2O7. The minimum atomic E-state index is -0.675. The van der Waals surface area contributed by atoms with E-state index >= 15 is 0 Å². The lowest BCUT2D eigenvalue weighted by molar-refractivity contribution is -0.138. The highest BCUT2D eigenvalue weighted by Crippen LogP contribution is 2.20. The number of carboxylic acids is 2. The molecule has 9 heteroatoms. The SMILES string of the molecule is CCN(CC)CCN(CCOC(=O)OC(CCCCCCCCCCCCCC/C=C\CCCCCCCC(=O)O)CCCCCCCCCCCCCC/C=C\CCCCCCCC(=O)O)Cc1ccccc1. The van der Waals surface area contributed by atoms with Gasteiger partial charge < -0.3 is 24.6 Å². The second-order valence-electron chi connectivity index (χ2n) is 21.6. The molecule has 1 aromatic rings. The van der Waals surface area contributed by atoms with Gasteiger partial charge in [-0.2, -0.15) is 0 Å². The van der Waals surface area contributed by atoms with Crippen molar-refractivity contribution < 1.29 is 34.1 Å². The van der Waals surface area contributed by atoms with Crippen molar-refractivity contribution in [3.05, 3.63) is 60.2 Å². The average Bonchev–Trinajstić information content (AvgIpc) is 3.39. The van der Waals surface area contributed by atoms with Crippen LogP contribution in [0.1, 0.15) is 289 Å². The minimum Gasteiger partial charge on any atom is -0.481 e.